The van der Waals surface area contributed by atoms with Crippen molar-refractivity contribution in [1.29, 1.82) is 0 Å². The van der Waals surface area contributed by atoms with Gasteiger partial charge in [-0.3, -0.25) is 4.79 Å². The fourth-order valence-corrected chi connectivity index (χ4v) is 2.12. The summed E-state index contributed by atoms with van der Waals surface area (Å²) in [6, 6.07) is 20.8. The molecule has 0 radical (unpaired) electrons. The number of carboxylic acid groups (broad SMARTS) is 1. The summed E-state index contributed by atoms with van der Waals surface area (Å²) < 4.78 is 0. The number of hydrogen-bond donors (Lipinski definition) is 1. The molecular weight excluding hydrogens is 284 g/mol. The maximum Gasteiger partial charge on any atom is 0.303 e. The van der Waals surface area contributed by atoms with Crippen LogP contribution in [-0.2, 0) is 4.79 Å². The molecule has 2 aromatic carbocycles. The summed E-state index contributed by atoms with van der Waals surface area (Å²) in [4.78, 5) is 10.1. The van der Waals surface area contributed by atoms with Crippen molar-refractivity contribution in [3.63, 3.8) is 0 Å². The molecule has 0 heterocycles. The van der Waals surface area contributed by atoms with Crippen molar-refractivity contribution in [3.05, 3.63) is 60.7 Å². The van der Waals surface area contributed by atoms with Crippen molar-refractivity contribution in [2.45, 2.75) is 38.5 Å². The van der Waals surface area contributed by atoms with Gasteiger partial charge < -0.3 is 5.11 Å². The van der Waals surface area contributed by atoms with Crippen LogP contribution in [0.15, 0.2) is 60.7 Å². The number of terminal acetylenes is 1. The van der Waals surface area contributed by atoms with Crippen LogP contribution < -0.4 is 0 Å². The summed E-state index contributed by atoms with van der Waals surface area (Å²) in [6.07, 6.45) is 9.98. The fraction of sp³-hybridized carbons (Fsp3) is 0.286. The lowest BCUT2D eigenvalue weighted by Crippen LogP contribution is -1.93. The van der Waals surface area contributed by atoms with Crippen molar-refractivity contribution in [2.75, 3.05) is 0 Å². The molecule has 2 aromatic rings. The third-order valence-electron chi connectivity index (χ3n) is 3.34. The molecule has 0 unspecified atom stereocenters. The predicted octanol–water partition coefficient (Wildman–Crippen LogP) is 5.40. The van der Waals surface area contributed by atoms with Gasteiger partial charge in [-0.05, 0) is 24.0 Å². The average molecular weight is 308 g/mol. The molecule has 0 aromatic heterocycles. The second-order valence-electron chi connectivity index (χ2n) is 5.24. The van der Waals surface area contributed by atoms with Gasteiger partial charge in [-0.1, -0.05) is 73.5 Å². The minimum atomic E-state index is -0.707. The topological polar surface area (TPSA) is 37.3 Å². The Morgan fingerprint density at radius 3 is 1.74 bits per heavy atom. The minimum Gasteiger partial charge on any atom is -0.481 e. The number of hydrogen-bond acceptors (Lipinski definition) is 1. The summed E-state index contributed by atoms with van der Waals surface area (Å²) in [5.74, 6) is 1.84. The number of unbranched alkanes of at least 4 members (excludes halogenated alkanes) is 4. The zero-order chi connectivity index (χ0) is 16.8. The Labute approximate surface area is 139 Å². The van der Waals surface area contributed by atoms with E-state index in [1.807, 2.05) is 12.1 Å². The first kappa shape index (κ1) is 18.5. The van der Waals surface area contributed by atoms with E-state index in [9.17, 15) is 4.79 Å². The van der Waals surface area contributed by atoms with E-state index >= 15 is 0 Å². The lowest BCUT2D eigenvalue weighted by atomic mass is 10.1. The zero-order valence-corrected chi connectivity index (χ0v) is 13.4. The van der Waals surface area contributed by atoms with Crippen molar-refractivity contribution in [1.82, 2.24) is 0 Å². The van der Waals surface area contributed by atoms with Crippen molar-refractivity contribution >= 4 is 5.97 Å². The van der Waals surface area contributed by atoms with Crippen LogP contribution in [0.2, 0.25) is 0 Å². The van der Waals surface area contributed by atoms with Crippen LogP contribution in [0.4, 0.5) is 0 Å². The molecule has 0 aliphatic carbocycles. The van der Waals surface area contributed by atoms with E-state index in [4.69, 9.17) is 11.5 Å². The van der Waals surface area contributed by atoms with Crippen molar-refractivity contribution < 1.29 is 9.90 Å². The van der Waals surface area contributed by atoms with Gasteiger partial charge in [0.2, 0.25) is 0 Å². The Bertz CT molecular complexity index is 545. The van der Waals surface area contributed by atoms with Gasteiger partial charge in [-0.15, -0.1) is 12.3 Å². The lowest BCUT2D eigenvalue weighted by Gasteiger charge is -1.98. The number of carbonyl (C=O) groups is 1. The van der Waals surface area contributed by atoms with Gasteiger partial charge in [0.25, 0.3) is 0 Å². The molecule has 0 spiro atoms. The normalized spacial score (nSPS) is 9.35. The number of carboxylic acids is 1. The Hall–Kier alpha value is -2.53. The largest absolute Gasteiger partial charge is 0.481 e. The number of rotatable bonds is 7. The van der Waals surface area contributed by atoms with Crippen LogP contribution in [-0.4, -0.2) is 11.1 Å². The molecule has 0 aliphatic heterocycles. The second-order valence-corrected chi connectivity index (χ2v) is 5.24. The molecule has 0 amide bonds. The van der Waals surface area contributed by atoms with Crippen LogP contribution in [0, 0.1) is 12.3 Å². The molecule has 2 heteroatoms. The van der Waals surface area contributed by atoms with Gasteiger partial charge >= 0.3 is 5.97 Å². The summed E-state index contributed by atoms with van der Waals surface area (Å²) in [5, 5.41) is 8.28. The molecule has 2 rings (SSSR count). The highest BCUT2D eigenvalue weighted by Crippen LogP contribution is 2.17. The van der Waals surface area contributed by atoms with E-state index in [2.05, 4.69) is 54.5 Å². The number of benzene rings is 2. The molecular formula is C21H24O2. The number of aliphatic carboxylic acids is 1. The van der Waals surface area contributed by atoms with E-state index in [-0.39, 0.29) is 6.42 Å². The van der Waals surface area contributed by atoms with Crippen LogP contribution in [0.1, 0.15) is 38.5 Å². The molecule has 0 saturated heterocycles. The molecule has 0 atom stereocenters. The Balaban J connectivity index is 0.000000232. The van der Waals surface area contributed by atoms with Crippen LogP contribution in [0.25, 0.3) is 11.1 Å². The molecule has 2 nitrogen and oxygen atoms in total. The van der Waals surface area contributed by atoms with Gasteiger partial charge in [0, 0.05) is 12.8 Å². The SMILES string of the molecule is C#CCCCCCCC(=O)O.c1ccc(-c2ccccc2)cc1. The van der Waals surface area contributed by atoms with E-state index in [0.29, 0.717) is 0 Å². The van der Waals surface area contributed by atoms with Crippen LogP contribution in [0.5, 0.6) is 0 Å². The second kappa shape index (κ2) is 12.1. The fourth-order valence-electron chi connectivity index (χ4n) is 2.12. The summed E-state index contributed by atoms with van der Waals surface area (Å²) >= 11 is 0. The average Bonchev–Trinajstić information content (AvgIpc) is 2.60. The third kappa shape index (κ3) is 9.16. The molecule has 0 aliphatic rings. The van der Waals surface area contributed by atoms with E-state index in [0.717, 1.165) is 32.1 Å². The molecule has 0 saturated carbocycles. The van der Waals surface area contributed by atoms with Gasteiger partial charge in [0.15, 0.2) is 0 Å². The smallest absolute Gasteiger partial charge is 0.303 e. The van der Waals surface area contributed by atoms with Gasteiger partial charge in [0.05, 0.1) is 0 Å². The quantitative estimate of drug-likeness (QED) is 0.549. The van der Waals surface area contributed by atoms with Crippen LogP contribution in [0.3, 0.4) is 0 Å². The molecule has 120 valence electrons. The predicted molar refractivity (Wildman–Crippen MR) is 96.0 cm³/mol. The lowest BCUT2D eigenvalue weighted by molar-refractivity contribution is -0.137. The van der Waals surface area contributed by atoms with E-state index in [1.54, 1.807) is 0 Å². The first-order valence-corrected chi connectivity index (χ1v) is 7.99. The van der Waals surface area contributed by atoms with Crippen LogP contribution >= 0.6 is 0 Å². The Morgan fingerprint density at radius 2 is 1.30 bits per heavy atom. The standard InChI is InChI=1S/C12H10.C9H14O2/c1-3-7-11(8-4-1)12-9-5-2-6-10-12;1-2-3-4-5-6-7-8-9(10)11/h1-10H;1H,3-8H2,(H,10,11). The Kier molecular flexibility index (Phi) is 9.71. The maximum atomic E-state index is 10.1. The first-order valence-electron chi connectivity index (χ1n) is 7.99. The summed E-state index contributed by atoms with van der Waals surface area (Å²) in [5.41, 5.74) is 2.55. The zero-order valence-electron chi connectivity index (χ0n) is 13.4. The monoisotopic (exact) mass is 308 g/mol. The first-order chi connectivity index (χ1) is 11.2. The summed E-state index contributed by atoms with van der Waals surface area (Å²) in [6.45, 7) is 0. The maximum absolute atomic E-state index is 10.1. The van der Waals surface area contributed by atoms with Crippen molar-refractivity contribution in [2.24, 2.45) is 0 Å². The van der Waals surface area contributed by atoms with Gasteiger partial charge in [0.1, 0.15) is 0 Å². The van der Waals surface area contributed by atoms with E-state index < -0.39 is 5.97 Å². The molecule has 23 heavy (non-hydrogen) atoms. The van der Waals surface area contributed by atoms with Crippen molar-refractivity contribution in [3.8, 4) is 23.5 Å². The highest BCUT2D eigenvalue weighted by Gasteiger charge is 1.95. The highest BCUT2D eigenvalue weighted by molar-refractivity contribution is 5.66. The third-order valence-corrected chi connectivity index (χ3v) is 3.34. The molecule has 0 fully saturated rings. The van der Waals surface area contributed by atoms with E-state index in [1.165, 1.54) is 11.1 Å². The Morgan fingerprint density at radius 1 is 0.826 bits per heavy atom. The summed E-state index contributed by atoms with van der Waals surface area (Å²) in [7, 11) is 0. The minimum absolute atomic E-state index is 0.288. The van der Waals surface area contributed by atoms with Gasteiger partial charge in [-0.25, -0.2) is 0 Å². The molecule has 0 bridgehead atoms. The van der Waals surface area contributed by atoms with Gasteiger partial charge in [-0.2, -0.15) is 0 Å². The molecule has 1 N–H and O–H groups in total. The highest BCUT2D eigenvalue weighted by atomic mass is 16.4.